The fourth-order valence-corrected chi connectivity index (χ4v) is 3.91. The monoisotopic (exact) mass is 256 g/mol. The van der Waals surface area contributed by atoms with E-state index in [1.807, 2.05) is 0 Å². The average Bonchev–Trinajstić information content (AvgIpc) is 2.38. The van der Waals surface area contributed by atoms with Gasteiger partial charge in [0.2, 0.25) is 0 Å². The maximum absolute atomic E-state index is 12.1. The summed E-state index contributed by atoms with van der Waals surface area (Å²) in [5.41, 5.74) is 0. The molecule has 0 amide bonds. The summed E-state index contributed by atoms with van der Waals surface area (Å²) in [6.07, 6.45) is 10.7. The van der Waals surface area contributed by atoms with E-state index in [2.05, 4.69) is 6.92 Å². The lowest BCUT2D eigenvalue weighted by atomic mass is 9.69. The van der Waals surface area contributed by atoms with Gasteiger partial charge in [-0.25, -0.2) is 0 Å². The molecule has 2 rings (SSSR count). The second-order valence-corrected chi connectivity index (χ2v) is 6.53. The molecule has 0 aromatic carbocycles. The van der Waals surface area contributed by atoms with Crippen LogP contribution in [0.4, 0.5) is 8.78 Å². The number of allylic oxidation sites excluding steroid dienone is 1. The molecular weight excluding hydrogens is 230 g/mol. The molecule has 0 aromatic rings. The third-order valence-corrected chi connectivity index (χ3v) is 5.22. The van der Waals surface area contributed by atoms with Crippen LogP contribution in [-0.4, -0.2) is 0 Å². The first-order valence-corrected chi connectivity index (χ1v) is 7.66. The van der Waals surface area contributed by atoms with E-state index in [0.717, 1.165) is 23.8 Å². The second-order valence-electron chi connectivity index (χ2n) is 6.53. The average molecular weight is 256 g/mol. The zero-order valence-electron chi connectivity index (χ0n) is 11.5. The molecule has 0 nitrogen and oxygen atoms in total. The van der Waals surface area contributed by atoms with Crippen LogP contribution in [0.25, 0.3) is 0 Å². The molecular formula is C16H26F2. The summed E-state index contributed by atoms with van der Waals surface area (Å²) in [4.78, 5) is 0. The Labute approximate surface area is 110 Å². The Morgan fingerprint density at radius 2 is 1.39 bits per heavy atom. The van der Waals surface area contributed by atoms with Crippen molar-refractivity contribution in [3.63, 3.8) is 0 Å². The highest BCUT2D eigenvalue weighted by Crippen LogP contribution is 2.41. The molecule has 0 N–H and O–H groups in total. The Hall–Kier alpha value is -0.400. The van der Waals surface area contributed by atoms with Gasteiger partial charge >= 0.3 is 0 Å². The van der Waals surface area contributed by atoms with Crippen molar-refractivity contribution in [3.8, 4) is 0 Å². The number of hydrogen-bond acceptors (Lipinski definition) is 0. The summed E-state index contributed by atoms with van der Waals surface area (Å²) in [6.45, 7) is 2.37. The fraction of sp³-hybridized carbons (Fsp3) is 0.875. The van der Waals surface area contributed by atoms with Gasteiger partial charge in [0.1, 0.15) is 0 Å². The highest BCUT2D eigenvalue weighted by molar-refractivity contribution is 4.87. The first-order chi connectivity index (χ1) is 8.65. The fourth-order valence-electron chi connectivity index (χ4n) is 3.91. The van der Waals surface area contributed by atoms with Crippen LogP contribution in [0, 0.1) is 23.7 Å². The Kier molecular flexibility index (Phi) is 5.20. The maximum atomic E-state index is 12.1. The van der Waals surface area contributed by atoms with Gasteiger partial charge in [0.05, 0.1) is 0 Å². The van der Waals surface area contributed by atoms with Crippen molar-refractivity contribution in [2.45, 2.75) is 64.7 Å². The van der Waals surface area contributed by atoms with Crippen LogP contribution in [-0.2, 0) is 0 Å². The molecule has 2 fully saturated rings. The largest absolute Gasteiger partial charge is 0.266 e. The first kappa shape index (κ1) is 14.0. The minimum absolute atomic E-state index is 0.519. The molecule has 0 spiro atoms. The number of hydrogen-bond donors (Lipinski definition) is 0. The lowest BCUT2D eigenvalue weighted by Crippen LogP contribution is -2.25. The van der Waals surface area contributed by atoms with Crippen LogP contribution in [0.3, 0.4) is 0 Å². The molecule has 0 radical (unpaired) electrons. The van der Waals surface area contributed by atoms with Crippen LogP contribution >= 0.6 is 0 Å². The standard InChI is InChI=1S/C16H26F2/c1-12-2-7-14(8-3-12)15-9-4-13(5-10-15)6-11-16(17)18/h11-15H,2-10H2,1H3/t12-,13?,14-,15?. The topological polar surface area (TPSA) is 0 Å². The predicted octanol–water partition coefficient (Wildman–Crippen LogP) is 5.79. The summed E-state index contributed by atoms with van der Waals surface area (Å²) in [6, 6.07) is 0. The van der Waals surface area contributed by atoms with Crippen molar-refractivity contribution < 1.29 is 8.78 Å². The summed E-state index contributed by atoms with van der Waals surface area (Å²) in [7, 11) is 0. The van der Waals surface area contributed by atoms with Crippen molar-refractivity contribution in [2.75, 3.05) is 0 Å². The second kappa shape index (κ2) is 6.68. The SMILES string of the molecule is C[C@H]1CC[C@H](C2CCC(CC=C(F)F)CC2)CC1. The smallest absolute Gasteiger partial charge is 0.174 e. The Morgan fingerprint density at radius 1 is 0.889 bits per heavy atom. The minimum Gasteiger partial charge on any atom is -0.174 e. The van der Waals surface area contributed by atoms with E-state index < -0.39 is 6.08 Å². The highest BCUT2D eigenvalue weighted by atomic mass is 19.3. The molecule has 0 heterocycles. The molecule has 2 aliphatic carbocycles. The summed E-state index contributed by atoms with van der Waals surface area (Å²) < 4.78 is 24.1. The Balaban J connectivity index is 1.71. The van der Waals surface area contributed by atoms with Gasteiger partial charge in [0, 0.05) is 0 Å². The molecule has 0 saturated heterocycles. The molecule has 104 valence electrons. The minimum atomic E-state index is -1.50. The normalized spacial score (nSPS) is 37.3. The van der Waals surface area contributed by atoms with Gasteiger partial charge in [-0.3, -0.25) is 0 Å². The lowest BCUT2D eigenvalue weighted by molar-refractivity contribution is 0.150. The zero-order valence-corrected chi connectivity index (χ0v) is 11.5. The van der Waals surface area contributed by atoms with E-state index in [1.54, 1.807) is 0 Å². The van der Waals surface area contributed by atoms with Crippen molar-refractivity contribution >= 4 is 0 Å². The van der Waals surface area contributed by atoms with Gasteiger partial charge in [0.15, 0.2) is 0 Å². The van der Waals surface area contributed by atoms with E-state index in [0.29, 0.717) is 12.3 Å². The molecule has 2 aliphatic rings. The molecule has 0 unspecified atom stereocenters. The van der Waals surface area contributed by atoms with Gasteiger partial charge in [-0.15, -0.1) is 0 Å². The molecule has 0 aromatic heterocycles. The molecule has 0 bridgehead atoms. The maximum Gasteiger partial charge on any atom is 0.266 e. The third kappa shape index (κ3) is 4.07. The predicted molar refractivity (Wildman–Crippen MR) is 71.5 cm³/mol. The number of halogens is 2. The van der Waals surface area contributed by atoms with Gasteiger partial charge in [-0.2, -0.15) is 8.78 Å². The summed E-state index contributed by atoms with van der Waals surface area (Å²) in [5, 5.41) is 0. The third-order valence-electron chi connectivity index (χ3n) is 5.22. The van der Waals surface area contributed by atoms with Crippen molar-refractivity contribution in [3.05, 3.63) is 12.2 Å². The van der Waals surface area contributed by atoms with Crippen molar-refractivity contribution in [1.29, 1.82) is 0 Å². The van der Waals surface area contributed by atoms with Crippen LogP contribution in [0.5, 0.6) is 0 Å². The van der Waals surface area contributed by atoms with Crippen LogP contribution in [0.1, 0.15) is 64.7 Å². The molecule has 18 heavy (non-hydrogen) atoms. The number of rotatable bonds is 3. The highest BCUT2D eigenvalue weighted by Gasteiger charge is 2.29. The van der Waals surface area contributed by atoms with Gasteiger partial charge < -0.3 is 0 Å². The first-order valence-electron chi connectivity index (χ1n) is 7.66. The van der Waals surface area contributed by atoms with Crippen molar-refractivity contribution in [2.24, 2.45) is 23.7 Å². The zero-order chi connectivity index (χ0) is 13.0. The summed E-state index contributed by atoms with van der Waals surface area (Å²) >= 11 is 0. The van der Waals surface area contributed by atoms with E-state index in [4.69, 9.17) is 0 Å². The van der Waals surface area contributed by atoms with Crippen LogP contribution < -0.4 is 0 Å². The van der Waals surface area contributed by atoms with Crippen molar-refractivity contribution in [1.82, 2.24) is 0 Å². The Bertz CT molecular complexity index is 265. The molecule has 0 atom stereocenters. The van der Waals surface area contributed by atoms with E-state index in [1.165, 1.54) is 51.4 Å². The molecule has 0 aliphatic heterocycles. The lowest BCUT2D eigenvalue weighted by Gasteiger charge is -2.37. The van der Waals surface area contributed by atoms with Crippen LogP contribution in [0.15, 0.2) is 12.2 Å². The van der Waals surface area contributed by atoms with E-state index in [9.17, 15) is 8.78 Å². The molecule has 2 saturated carbocycles. The van der Waals surface area contributed by atoms with Gasteiger partial charge in [-0.05, 0) is 74.7 Å². The van der Waals surface area contributed by atoms with E-state index in [-0.39, 0.29) is 0 Å². The quantitative estimate of drug-likeness (QED) is 0.599. The molecule has 2 heteroatoms. The van der Waals surface area contributed by atoms with Crippen LogP contribution in [0.2, 0.25) is 0 Å². The van der Waals surface area contributed by atoms with E-state index >= 15 is 0 Å². The van der Waals surface area contributed by atoms with Gasteiger partial charge in [-0.1, -0.05) is 19.8 Å². The summed E-state index contributed by atoms with van der Waals surface area (Å²) in [5.74, 6) is 3.28. The Morgan fingerprint density at radius 3 is 1.89 bits per heavy atom. The van der Waals surface area contributed by atoms with Gasteiger partial charge in [0.25, 0.3) is 6.08 Å².